The molecule has 52 heavy (non-hydrogen) atoms. The first-order valence-corrected chi connectivity index (χ1v) is 18.4. The molecule has 1 fully saturated rings. The molecular weight excluding hydrogens is 690 g/mol. The van der Waals surface area contributed by atoms with E-state index < -0.39 is 34.3 Å². The Kier molecular flexibility index (Phi) is 12.6. The Morgan fingerprint density at radius 2 is 1.44 bits per heavy atom. The van der Waals surface area contributed by atoms with Gasteiger partial charge in [0.05, 0.1) is 39.0 Å². The zero-order valence-corrected chi connectivity index (χ0v) is 30.5. The summed E-state index contributed by atoms with van der Waals surface area (Å²) in [4.78, 5) is 30.3. The van der Waals surface area contributed by atoms with Crippen molar-refractivity contribution in [2.75, 3.05) is 39.3 Å². The maximum absolute atomic E-state index is 14.9. The van der Waals surface area contributed by atoms with Crippen LogP contribution in [0.25, 0.3) is 0 Å². The van der Waals surface area contributed by atoms with Crippen LogP contribution in [0, 0.1) is 5.82 Å². The molecule has 0 spiro atoms. The van der Waals surface area contributed by atoms with E-state index in [4.69, 9.17) is 18.9 Å². The van der Waals surface area contributed by atoms with Crippen molar-refractivity contribution < 1.29 is 41.3 Å². The first-order valence-electron chi connectivity index (χ1n) is 16.9. The van der Waals surface area contributed by atoms with E-state index in [9.17, 15) is 22.4 Å². The summed E-state index contributed by atoms with van der Waals surface area (Å²) in [6.07, 6.45) is 3.76. The highest BCUT2D eigenvalue weighted by molar-refractivity contribution is 7.92. The van der Waals surface area contributed by atoms with E-state index in [0.717, 1.165) is 35.6 Å². The van der Waals surface area contributed by atoms with Gasteiger partial charge >= 0.3 is 0 Å². The molecular formula is C39H44FN3O8S. The van der Waals surface area contributed by atoms with E-state index in [0.29, 0.717) is 17.1 Å². The maximum atomic E-state index is 14.9. The minimum Gasteiger partial charge on any atom is -0.497 e. The number of halogens is 1. The van der Waals surface area contributed by atoms with Crippen LogP contribution in [-0.2, 0) is 32.6 Å². The molecule has 1 aliphatic rings. The van der Waals surface area contributed by atoms with E-state index in [1.807, 2.05) is 30.3 Å². The normalized spacial score (nSPS) is 13.6. The third-order valence-electron chi connectivity index (χ3n) is 9.12. The molecule has 1 N–H and O–H groups in total. The van der Waals surface area contributed by atoms with Crippen LogP contribution in [-0.4, -0.2) is 72.2 Å². The average molecular weight is 734 g/mol. The molecule has 1 saturated carbocycles. The van der Waals surface area contributed by atoms with Crippen LogP contribution in [0.2, 0.25) is 0 Å². The highest BCUT2D eigenvalue weighted by Crippen LogP contribution is 2.38. The molecule has 0 radical (unpaired) electrons. The third-order valence-corrected chi connectivity index (χ3v) is 10.9. The SMILES string of the molecule is COc1ccc(OC)c(N(CC(=O)N(Cc2ccc(F)cc2)[C@H](Cc2ccccc2)C(=O)NC2CCCC2)S(=O)(=O)c2ccc(OC)c(OC)c2)c1. The topological polar surface area (TPSA) is 124 Å². The van der Waals surface area contributed by atoms with Gasteiger partial charge in [-0.05, 0) is 60.4 Å². The Balaban J connectivity index is 1.64. The molecule has 0 bridgehead atoms. The van der Waals surface area contributed by atoms with Crippen molar-refractivity contribution in [3.8, 4) is 23.0 Å². The number of carbonyl (C=O) groups excluding carboxylic acids is 2. The molecule has 4 aromatic carbocycles. The molecule has 2 amide bonds. The van der Waals surface area contributed by atoms with Crippen LogP contribution >= 0.6 is 0 Å². The number of carbonyl (C=O) groups is 2. The first-order chi connectivity index (χ1) is 25.1. The monoisotopic (exact) mass is 733 g/mol. The number of rotatable bonds is 16. The van der Waals surface area contributed by atoms with Gasteiger partial charge in [0.25, 0.3) is 10.0 Å². The van der Waals surface area contributed by atoms with Crippen molar-refractivity contribution in [2.45, 2.75) is 55.6 Å². The molecule has 1 atom stereocenters. The molecule has 0 aliphatic heterocycles. The number of amides is 2. The quantitative estimate of drug-likeness (QED) is 0.154. The molecule has 0 aromatic heterocycles. The Morgan fingerprint density at radius 3 is 2.08 bits per heavy atom. The summed E-state index contributed by atoms with van der Waals surface area (Å²) in [7, 11) is 1.11. The second kappa shape index (κ2) is 17.3. The maximum Gasteiger partial charge on any atom is 0.265 e. The molecule has 13 heteroatoms. The standard InChI is InChI=1S/C39H44FN3O8S/c1-48-31-18-20-35(49-2)33(23-31)43(52(46,47)32-19-21-36(50-3)37(24-32)51-4)26-38(44)42(25-28-14-16-29(40)17-15-28)34(22-27-10-6-5-7-11-27)39(45)41-30-12-8-9-13-30/h5-7,10-11,14-21,23-24,30,34H,8-9,12-13,22,25-26H2,1-4H3,(H,41,45)/t34-/m1/s1. The van der Waals surface area contributed by atoms with Crippen molar-refractivity contribution in [1.29, 1.82) is 0 Å². The molecule has 0 saturated heterocycles. The Bertz CT molecular complexity index is 1940. The van der Waals surface area contributed by atoms with Gasteiger partial charge in [-0.25, -0.2) is 12.8 Å². The average Bonchev–Trinajstić information content (AvgIpc) is 3.68. The summed E-state index contributed by atoms with van der Waals surface area (Å²) in [5, 5.41) is 3.14. The minimum atomic E-state index is -4.54. The number of methoxy groups -OCH3 is 4. The predicted molar refractivity (Wildman–Crippen MR) is 195 cm³/mol. The molecule has 0 unspecified atom stereocenters. The first kappa shape index (κ1) is 37.9. The lowest BCUT2D eigenvalue weighted by Gasteiger charge is -2.34. The van der Waals surface area contributed by atoms with Gasteiger partial charge < -0.3 is 29.2 Å². The van der Waals surface area contributed by atoms with E-state index in [2.05, 4.69) is 5.32 Å². The molecule has 276 valence electrons. The second-order valence-corrected chi connectivity index (χ2v) is 14.3. The molecule has 0 heterocycles. The van der Waals surface area contributed by atoms with Gasteiger partial charge in [-0.2, -0.15) is 0 Å². The van der Waals surface area contributed by atoms with Crippen molar-refractivity contribution in [2.24, 2.45) is 0 Å². The van der Waals surface area contributed by atoms with Crippen LogP contribution in [0.1, 0.15) is 36.8 Å². The molecule has 11 nitrogen and oxygen atoms in total. The summed E-state index contributed by atoms with van der Waals surface area (Å²) in [6.45, 7) is -0.836. The summed E-state index contributed by atoms with van der Waals surface area (Å²) in [5.41, 5.74) is 1.38. The van der Waals surface area contributed by atoms with Gasteiger partial charge in [-0.1, -0.05) is 55.3 Å². The van der Waals surface area contributed by atoms with Gasteiger partial charge in [-0.15, -0.1) is 0 Å². The van der Waals surface area contributed by atoms with Gasteiger partial charge in [0.2, 0.25) is 11.8 Å². The van der Waals surface area contributed by atoms with Gasteiger partial charge in [0.1, 0.15) is 29.9 Å². The van der Waals surface area contributed by atoms with Crippen LogP contribution in [0.15, 0.2) is 95.9 Å². The van der Waals surface area contributed by atoms with Crippen LogP contribution in [0.5, 0.6) is 23.0 Å². The largest absolute Gasteiger partial charge is 0.497 e. The summed E-state index contributed by atoms with van der Waals surface area (Å²) in [6, 6.07) is 22.5. The number of sulfonamides is 1. The van der Waals surface area contributed by atoms with Crippen LogP contribution < -0.4 is 28.6 Å². The number of anilines is 1. The van der Waals surface area contributed by atoms with Crippen molar-refractivity contribution >= 4 is 27.5 Å². The van der Waals surface area contributed by atoms with E-state index in [-0.39, 0.29) is 47.0 Å². The lowest BCUT2D eigenvalue weighted by Crippen LogP contribution is -2.54. The fourth-order valence-electron chi connectivity index (χ4n) is 6.32. The molecule has 5 rings (SSSR count). The Hall–Kier alpha value is -5.30. The van der Waals surface area contributed by atoms with E-state index >= 15 is 0 Å². The number of benzene rings is 4. The number of nitrogens with zero attached hydrogens (tertiary/aromatic N) is 2. The molecule has 1 aliphatic carbocycles. The van der Waals surface area contributed by atoms with Crippen molar-refractivity contribution in [1.82, 2.24) is 10.2 Å². The molecule has 4 aromatic rings. The summed E-state index contributed by atoms with van der Waals surface area (Å²) < 4.78 is 66.1. The van der Waals surface area contributed by atoms with E-state index in [1.54, 1.807) is 12.1 Å². The van der Waals surface area contributed by atoms with Crippen molar-refractivity contribution in [3.05, 3.63) is 108 Å². The second-order valence-electron chi connectivity index (χ2n) is 12.4. The highest BCUT2D eigenvalue weighted by atomic mass is 32.2. The van der Waals surface area contributed by atoms with Gasteiger partial charge in [0, 0.05) is 31.1 Å². The lowest BCUT2D eigenvalue weighted by atomic mass is 10.0. The van der Waals surface area contributed by atoms with Crippen LogP contribution in [0.4, 0.5) is 10.1 Å². The summed E-state index contributed by atoms with van der Waals surface area (Å²) >= 11 is 0. The third kappa shape index (κ3) is 8.94. The zero-order valence-electron chi connectivity index (χ0n) is 29.7. The highest BCUT2D eigenvalue weighted by Gasteiger charge is 2.37. The van der Waals surface area contributed by atoms with Gasteiger partial charge in [-0.3, -0.25) is 13.9 Å². The number of nitrogens with one attached hydrogen (secondary N) is 1. The van der Waals surface area contributed by atoms with Crippen molar-refractivity contribution in [3.63, 3.8) is 0 Å². The smallest absolute Gasteiger partial charge is 0.265 e. The van der Waals surface area contributed by atoms with E-state index in [1.165, 1.54) is 81.9 Å². The summed E-state index contributed by atoms with van der Waals surface area (Å²) in [5.74, 6) is -0.555. The van der Waals surface area contributed by atoms with Gasteiger partial charge in [0.15, 0.2) is 11.5 Å². The minimum absolute atomic E-state index is 0.0294. The lowest BCUT2D eigenvalue weighted by molar-refractivity contribution is -0.140. The number of hydrogen-bond acceptors (Lipinski definition) is 8. The number of hydrogen-bond donors (Lipinski definition) is 1. The number of ether oxygens (including phenoxy) is 4. The zero-order chi connectivity index (χ0) is 37.3. The Morgan fingerprint density at radius 1 is 0.788 bits per heavy atom. The predicted octanol–water partition coefficient (Wildman–Crippen LogP) is 5.75. The fraction of sp³-hybridized carbons (Fsp3) is 0.333. The van der Waals surface area contributed by atoms with Crippen LogP contribution in [0.3, 0.4) is 0 Å². The fourth-order valence-corrected chi connectivity index (χ4v) is 7.75. The Labute approximate surface area is 304 Å².